The van der Waals surface area contributed by atoms with Crippen LogP contribution >= 0.6 is 0 Å². The molecule has 24 heavy (non-hydrogen) atoms. The highest BCUT2D eigenvalue weighted by atomic mass is 16.5. The summed E-state index contributed by atoms with van der Waals surface area (Å²) >= 11 is 0. The van der Waals surface area contributed by atoms with E-state index in [4.69, 9.17) is 10.5 Å². The van der Waals surface area contributed by atoms with Gasteiger partial charge in [0.1, 0.15) is 12.4 Å². The van der Waals surface area contributed by atoms with Gasteiger partial charge in [0.25, 0.3) is 5.91 Å². The van der Waals surface area contributed by atoms with Gasteiger partial charge in [-0.05, 0) is 37.6 Å². The van der Waals surface area contributed by atoms with Gasteiger partial charge in [-0.3, -0.25) is 9.59 Å². The molecule has 0 unspecified atom stereocenters. The molecule has 5 heteroatoms. The monoisotopic (exact) mass is 326 g/mol. The first-order chi connectivity index (χ1) is 11.5. The Labute approximate surface area is 142 Å². The topological polar surface area (TPSA) is 72.6 Å². The van der Waals surface area contributed by atoms with Crippen LogP contribution in [0.3, 0.4) is 0 Å². The van der Waals surface area contributed by atoms with E-state index in [0.29, 0.717) is 17.9 Å². The van der Waals surface area contributed by atoms with E-state index in [1.807, 2.05) is 44.2 Å². The van der Waals surface area contributed by atoms with Crippen molar-refractivity contribution in [1.82, 2.24) is 4.90 Å². The summed E-state index contributed by atoms with van der Waals surface area (Å²) in [5.74, 6) is -0.171. The van der Waals surface area contributed by atoms with E-state index in [1.54, 1.807) is 24.3 Å². The Hall–Kier alpha value is -2.82. The predicted octanol–water partition coefficient (Wildman–Crippen LogP) is 2.60. The van der Waals surface area contributed by atoms with Gasteiger partial charge >= 0.3 is 0 Å². The summed E-state index contributed by atoms with van der Waals surface area (Å²) < 4.78 is 5.74. The van der Waals surface area contributed by atoms with Crippen LogP contribution in [-0.2, 0) is 11.4 Å². The van der Waals surface area contributed by atoms with Crippen LogP contribution < -0.4 is 10.5 Å². The second kappa shape index (κ2) is 8.15. The van der Waals surface area contributed by atoms with E-state index in [1.165, 1.54) is 4.90 Å². The minimum absolute atomic E-state index is 0.106. The molecule has 2 aromatic carbocycles. The first kappa shape index (κ1) is 17.5. The van der Waals surface area contributed by atoms with E-state index in [9.17, 15) is 9.59 Å². The number of hydrogen-bond donors (Lipinski definition) is 1. The van der Waals surface area contributed by atoms with E-state index in [-0.39, 0.29) is 18.5 Å². The van der Waals surface area contributed by atoms with E-state index >= 15 is 0 Å². The van der Waals surface area contributed by atoms with Gasteiger partial charge in [0.05, 0.1) is 6.54 Å². The maximum absolute atomic E-state index is 12.6. The largest absolute Gasteiger partial charge is 0.489 e. The maximum atomic E-state index is 12.6. The van der Waals surface area contributed by atoms with Crippen molar-refractivity contribution < 1.29 is 14.3 Å². The van der Waals surface area contributed by atoms with Crippen LogP contribution in [0.1, 0.15) is 29.8 Å². The Bertz CT molecular complexity index is 699. The molecule has 0 fully saturated rings. The minimum Gasteiger partial charge on any atom is -0.489 e. The van der Waals surface area contributed by atoms with Gasteiger partial charge in [-0.25, -0.2) is 0 Å². The number of rotatable bonds is 7. The summed E-state index contributed by atoms with van der Waals surface area (Å²) in [6.07, 6.45) is 0. The number of carbonyl (C=O) groups is 2. The van der Waals surface area contributed by atoms with Crippen molar-refractivity contribution in [3.8, 4) is 5.75 Å². The quantitative estimate of drug-likeness (QED) is 0.850. The van der Waals surface area contributed by atoms with Gasteiger partial charge in [0.15, 0.2) is 0 Å². The van der Waals surface area contributed by atoms with Crippen LogP contribution in [-0.4, -0.2) is 29.3 Å². The molecule has 0 radical (unpaired) electrons. The number of amides is 2. The third-order valence-corrected chi connectivity index (χ3v) is 3.54. The molecular weight excluding hydrogens is 304 g/mol. The number of ether oxygens (including phenoxy) is 1. The van der Waals surface area contributed by atoms with Crippen molar-refractivity contribution in [3.63, 3.8) is 0 Å². The Balaban J connectivity index is 2.10. The van der Waals surface area contributed by atoms with Crippen molar-refractivity contribution in [3.05, 3.63) is 65.7 Å². The van der Waals surface area contributed by atoms with Crippen LogP contribution in [0.5, 0.6) is 5.75 Å². The number of nitrogens with zero attached hydrogens (tertiary/aromatic N) is 1. The molecular formula is C19H22N2O3. The standard InChI is InChI=1S/C19H22N2O3/c1-14(2)21(12-18(20)22)19(23)16-9-6-10-17(11-16)24-13-15-7-4-3-5-8-15/h3-11,14H,12-13H2,1-2H3,(H2,20,22). The van der Waals surface area contributed by atoms with Crippen LogP contribution in [0.25, 0.3) is 0 Å². The molecule has 0 heterocycles. The molecule has 0 bridgehead atoms. The van der Waals surface area contributed by atoms with Gasteiger partial charge in [-0.1, -0.05) is 36.4 Å². The molecule has 0 saturated carbocycles. The predicted molar refractivity (Wildman–Crippen MR) is 92.6 cm³/mol. The normalized spacial score (nSPS) is 10.5. The molecule has 0 aliphatic heterocycles. The highest BCUT2D eigenvalue weighted by Gasteiger charge is 2.20. The van der Waals surface area contributed by atoms with Crippen molar-refractivity contribution >= 4 is 11.8 Å². The van der Waals surface area contributed by atoms with Crippen molar-refractivity contribution in [2.24, 2.45) is 5.73 Å². The number of carbonyl (C=O) groups excluding carboxylic acids is 2. The molecule has 2 aromatic rings. The second-order valence-corrected chi connectivity index (χ2v) is 5.80. The molecule has 0 saturated heterocycles. The first-order valence-corrected chi connectivity index (χ1v) is 7.83. The lowest BCUT2D eigenvalue weighted by Gasteiger charge is -2.25. The third-order valence-electron chi connectivity index (χ3n) is 3.54. The second-order valence-electron chi connectivity index (χ2n) is 5.80. The molecule has 2 N–H and O–H groups in total. The molecule has 0 aliphatic carbocycles. The van der Waals surface area contributed by atoms with Gasteiger partial charge in [0, 0.05) is 11.6 Å². The van der Waals surface area contributed by atoms with Crippen LogP contribution in [0, 0.1) is 0 Å². The average molecular weight is 326 g/mol. The summed E-state index contributed by atoms with van der Waals surface area (Å²) in [5.41, 5.74) is 6.75. The fraction of sp³-hybridized carbons (Fsp3) is 0.263. The summed E-state index contributed by atoms with van der Waals surface area (Å²) in [6.45, 7) is 4.01. The Morgan fingerprint density at radius 2 is 1.79 bits per heavy atom. The van der Waals surface area contributed by atoms with Crippen LogP contribution in [0.2, 0.25) is 0 Å². The van der Waals surface area contributed by atoms with Crippen molar-refractivity contribution in [1.29, 1.82) is 0 Å². The number of primary amides is 1. The lowest BCUT2D eigenvalue weighted by atomic mass is 10.1. The van der Waals surface area contributed by atoms with E-state index < -0.39 is 5.91 Å². The van der Waals surface area contributed by atoms with E-state index in [2.05, 4.69) is 0 Å². The third kappa shape index (κ3) is 4.84. The lowest BCUT2D eigenvalue weighted by molar-refractivity contribution is -0.119. The molecule has 2 amide bonds. The molecule has 0 atom stereocenters. The van der Waals surface area contributed by atoms with Gasteiger partial charge in [-0.2, -0.15) is 0 Å². The Morgan fingerprint density at radius 3 is 2.42 bits per heavy atom. The summed E-state index contributed by atoms with van der Waals surface area (Å²) in [6, 6.07) is 16.6. The smallest absolute Gasteiger partial charge is 0.254 e. The zero-order valence-corrected chi connectivity index (χ0v) is 13.9. The van der Waals surface area contributed by atoms with E-state index in [0.717, 1.165) is 5.56 Å². The molecule has 2 rings (SSSR count). The zero-order chi connectivity index (χ0) is 17.5. The summed E-state index contributed by atoms with van der Waals surface area (Å²) in [4.78, 5) is 25.2. The lowest BCUT2D eigenvalue weighted by Crippen LogP contribution is -2.42. The Morgan fingerprint density at radius 1 is 1.08 bits per heavy atom. The SMILES string of the molecule is CC(C)N(CC(N)=O)C(=O)c1cccc(OCc2ccccc2)c1. The van der Waals surface area contributed by atoms with Gasteiger partial charge in [0.2, 0.25) is 5.91 Å². The van der Waals surface area contributed by atoms with Gasteiger partial charge in [-0.15, -0.1) is 0 Å². The summed E-state index contributed by atoms with van der Waals surface area (Å²) in [7, 11) is 0. The Kier molecular flexibility index (Phi) is 5.95. The highest BCUT2D eigenvalue weighted by Crippen LogP contribution is 2.17. The highest BCUT2D eigenvalue weighted by molar-refractivity contribution is 5.96. The van der Waals surface area contributed by atoms with Crippen molar-refractivity contribution in [2.75, 3.05) is 6.54 Å². The molecule has 0 aliphatic rings. The maximum Gasteiger partial charge on any atom is 0.254 e. The van der Waals surface area contributed by atoms with Crippen LogP contribution in [0.15, 0.2) is 54.6 Å². The van der Waals surface area contributed by atoms with Crippen molar-refractivity contribution in [2.45, 2.75) is 26.5 Å². The minimum atomic E-state index is -0.534. The summed E-state index contributed by atoms with van der Waals surface area (Å²) in [5, 5.41) is 0. The molecule has 0 aromatic heterocycles. The number of nitrogens with two attached hydrogens (primary N) is 1. The molecule has 126 valence electrons. The first-order valence-electron chi connectivity index (χ1n) is 7.83. The number of hydrogen-bond acceptors (Lipinski definition) is 3. The number of benzene rings is 2. The fourth-order valence-corrected chi connectivity index (χ4v) is 2.28. The molecule has 5 nitrogen and oxygen atoms in total. The molecule has 0 spiro atoms. The average Bonchev–Trinajstić information content (AvgIpc) is 2.58. The zero-order valence-electron chi connectivity index (χ0n) is 13.9. The van der Waals surface area contributed by atoms with Crippen LogP contribution in [0.4, 0.5) is 0 Å². The van der Waals surface area contributed by atoms with Gasteiger partial charge < -0.3 is 15.4 Å². The fourth-order valence-electron chi connectivity index (χ4n) is 2.28.